The van der Waals surface area contributed by atoms with Gasteiger partial charge in [0.2, 0.25) is 0 Å². The van der Waals surface area contributed by atoms with Gasteiger partial charge in [0.25, 0.3) is 0 Å². The highest BCUT2D eigenvalue weighted by atomic mass is 31.2. The lowest BCUT2D eigenvalue weighted by Crippen LogP contribution is -2.22. The van der Waals surface area contributed by atoms with Crippen molar-refractivity contribution in [1.82, 2.24) is 0 Å². The zero-order valence-electron chi connectivity index (χ0n) is 11.1. The number of hydrogen-bond acceptors (Lipinski definition) is 5. The Morgan fingerprint density at radius 1 is 1.29 bits per heavy atom. The van der Waals surface area contributed by atoms with E-state index in [1.54, 1.807) is 13.8 Å². The van der Waals surface area contributed by atoms with Crippen molar-refractivity contribution >= 4 is 7.60 Å². The number of hydrogen-bond donors (Lipinski definition) is 0. The molecule has 5 nitrogen and oxygen atoms in total. The van der Waals surface area contributed by atoms with E-state index < -0.39 is 13.2 Å². The summed E-state index contributed by atoms with van der Waals surface area (Å²) < 4.78 is 34.1. The summed E-state index contributed by atoms with van der Waals surface area (Å²) in [5, 5.41) is 0.494. The molecule has 100 valence electrons. The number of rotatable bonds is 6. The van der Waals surface area contributed by atoms with Crippen LogP contribution in [0.2, 0.25) is 0 Å². The fraction of sp³-hybridized carbons (Fsp3) is 0.818. The molecule has 0 saturated heterocycles. The average Bonchev–Trinajstić information content (AvgIpc) is 2.54. The largest absolute Gasteiger partial charge is 0.497 e. The van der Waals surface area contributed by atoms with E-state index in [9.17, 15) is 4.57 Å². The highest BCUT2D eigenvalue weighted by Gasteiger charge is 2.44. The first-order chi connectivity index (χ1) is 7.91. The molecule has 0 aromatic rings. The molecule has 17 heavy (non-hydrogen) atoms. The maximum absolute atomic E-state index is 12.6. The first-order valence-corrected chi connectivity index (χ1v) is 7.26. The smallest absolute Gasteiger partial charge is 0.363 e. The van der Waals surface area contributed by atoms with Gasteiger partial charge in [0.15, 0.2) is 0 Å². The molecule has 1 heterocycles. The Kier molecular flexibility index (Phi) is 4.78. The van der Waals surface area contributed by atoms with Gasteiger partial charge in [0, 0.05) is 0 Å². The van der Waals surface area contributed by atoms with Crippen LogP contribution in [-0.2, 0) is 23.1 Å². The third kappa shape index (κ3) is 2.91. The molecule has 0 fully saturated rings. The van der Waals surface area contributed by atoms with Crippen molar-refractivity contribution in [2.75, 3.05) is 26.9 Å². The van der Waals surface area contributed by atoms with E-state index in [-0.39, 0.29) is 6.61 Å². The first-order valence-electron chi connectivity index (χ1n) is 5.72. The van der Waals surface area contributed by atoms with E-state index >= 15 is 0 Å². The van der Waals surface area contributed by atoms with Crippen molar-refractivity contribution in [3.05, 3.63) is 11.1 Å². The van der Waals surface area contributed by atoms with Crippen LogP contribution in [0.15, 0.2) is 11.1 Å². The Bertz CT molecular complexity index is 338. The van der Waals surface area contributed by atoms with Crippen molar-refractivity contribution < 1.29 is 23.1 Å². The lowest BCUT2D eigenvalue weighted by atomic mass is 10.1. The summed E-state index contributed by atoms with van der Waals surface area (Å²) in [6.07, 6.45) is 0. The molecule has 0 atom stereocenters. The van der Waals surface area contributed by atoms with E-state index in [0.717, 1.165) is 0 Å². The van der Waals surface area contributed by atoms with Crippen LogP contribution in [0.4, 0.5) is 0 Å². The van der Waals surface area contributed by atoms with Crippen LogP contribution in [0.5, 0.6) is 0 Å². The molecule has 0 aromatic heterocycles. The van der Waals surface area contributed by atoms with Gasteiger partial charge >= 0.3 is 7.60 Å². The van der Waals surface area contributed by atoms with Crippen molar-refractivity contribution in [2.24, 2.45) is 0 Å². The number of ether oxygens (including phenoxy) is 2. The summed E-state index contributed by atoms with van der Waals surface area (Å²) in [5.41, 5.74) is -0.589. The van der Waals surface area contributed by atoms with Gasteiger partial charge in [-0.15, -0.1) is 0 Å². The summed E-state index contributed by atoms with van der Waals surface area (Å²) in [6, 6.07) is 0. The van der Waals surface area contributed by atoms with Crippen molar-refractivity contribution in [3.8, 4) is 0 Å². The van der Waals surface area contributed by atoms with Gasteiger partial charge in [-0.05, 0) is 27.7 Å². The van der Waals surface area contributed by atoms with E-state index in [1.165, 1.54) is 7.11 Å². The Labute approximate surface area is 103 Å². The molecule has 1 aliphatic rings. The molecule has 0 unspecified atom stereocenters. The highest BCUT2D eigenvalue weighted by molar-refractivity contribution is 7.58. The normalized spacial score (nSPS) is 19.8. The molecule has 0 N–H and O–H groups in total. The molecule has 0 amide bonds. The van der Waals surface area contributed by atoms with Gasteiger partial charge in [-0.25, -0.2) is 0 Å². The van der Waals surface area contributed by atoms with Crippen LogP contribution in [0.1, 0.15) is 27.7 Å². The molecular weight excluding hydrogens is 243 g/mol. The lowest BCUT2D eigenvalue weighted by Gasteiger charge is -2.21. The molecule has 0 saturated carbocycles. The van der Waals surface area contributed by atoms with Crippen molar-refractivity contribution in [1.29, 1.82) is 0 Å². The van der Waals surface area contributed by atoms with Crippen LogP contribution in [-0.4, -0.2) is 32.5 Å². The molecule has 1 aliphatic heterocycles. The van der Waals surface area contributed by atoms with Crippen LogP contribution in [0.3, 0.4) is 0 Å². The zero-order chi connectivity index (χ0) is 13.1. The molecule has 1 rings (SSSR count). The van der Waals surface area contributed by atoms with E-state index in [0.29, 0.717) is 24.3 Å². The summed E-state index contributed by atoms with van der Waals surface area (Å²) in [7, 11) is -1.75. The predicted molar refractivity (Wildman–Crippen MR) is 64.9 cm³/mol. The number of methoxy groups -OCH3 is 1. The van der Waals surface area contributed by atoms with Crippen molar-refractivity contribution in [3.63, 3.8) is 0 Å². The van der Waals surface area contributed by atoms with Gasteiger partial charge in [0.1, 0.15) is 16.7 Å². The van der Waals surface area contributed by atoms with Gasteiger partial charge in [0.05, 0.1) is 26.9 Å². The standard InChI is InChI=1S/C11H21O5P/c1-6-15-17(12,16-7-2)9-8-14-11(3,4)10(9)13-5/h6-8H2,1-5H3. The molecule has 0 aromatic carbocycles. The van der Waals surface area contributed by atoms with Crippen LogP contribution >= 0.6 is 7.60 Å². The fourth-order valence-corrected chi connectivity index (χ4v) is 3.73. The van der Waals surface area contributed by atoms with E-state index in [1.807, 2.05) is 13.8 Å². The topological polar surface area (TPSA) is 54.0 Å². The molecule has 0 bridgehead atoms. The van der Waals surface area contributed by atoms with E-state index in [4.69, 9.17) is 18.5 Å². The Morgan fingerprint density at radius 2 is 1.82 bits per heavy atom. The summed E-state index contributed by atoms with van der Waals surface area (Å²) in [5.74, 6) is 0.544. The monoisotopic (exact) mass is 264 g/mol. The first kappa shape index (κ1) is 14.7. The van der Waals surface area contributed by atoms with Crippen LogP contribution in [0.25, 0.3) is 0 Å². The Morgan fingerprint density at radius 3 is 2.24 bits per heavy atom. The maximum Gasteiger partial charge on any atom is 0.363 e. The Balaban J connectivity index is 3.14. The SMILES string of the molecule is CCOP(=O)(OCC)C1=C(OC)C(C)(C)OC1. The van der Waals surface area contributed by atoms with Crippen LogP contribution in [0, 0.1) is 0 Å². The summed E-state index contributed by atoms with van der Waals surface area (Å²) in [4.78, 5) is 0. The summed E-state index contributed by atoms with van der Waals surface area (Å²) in [6.45, 7) is 8.13. The molecule has 6 heteroatoms. The minimum absolute atomic E-state index is 0.216. The quantitative estimate of drug-likeness (QED) is 0.690. The third-order valence-corrected chi connectivity index (χ3v) is 4.70. The maximum atomic E-state index is 12.6. The lowest BCUT2D eigenvalue weighted by molar-refractivity contribution is 0.0157. The Hall–Kier alpha value is -0.350. The third-order valence-electron chi connectivity index (χ3n) is 2.51. The highest BCUT2D eigenvalue weighted by Crippen LogP contribution is 2.60. The van der Waals surface area contributed by atoms with Crippen LogP contribution < -0.4 is 0 Å². The molecule has 0 aliphatic carbocycles. The van der Waals surface area contributed by atoms with E-state index in [2.05, 4.69) is 0 Å². The second-order valence-electron chi connectivity index (χ2n) is 4.11. The van der Waals surface area contributed by atoms with Gasteiger partial charge < -0.3 is 18.5 Å². The molecule has 0 spiro atoms. The fourth-order valence-electron chi connectivity index (χ4n) is 1.83. The minimum Gasteiger partial charge on any atom is -0.497 e. The van der Waals surface area contributed by atoms with Crippen molar-refractivity contribution in [2.45, 2.75) is 33.3 Å². The zero-order valence-corrected chi connectivity index (χ0v) is 12.0. The summed E-state index contributed by atoms with van der Waals surface area (Å²) >= 11 is 0. The predicted octanol–water partition coefficient (Wildman–Crippen LogP) is 2.92. The van der Waals surface area contributed by atoms with Gasteiger partial charge in [-0.2, -0.15) is 0 Å². The van der Waals surface area contributed by atoms with Gasteiger partial charge in [-0.3, -0.25) is 4.57 Å². The molecular formula is C11H21O5P. The average molecular weight is 264 g/mol. The van der Waals surface area contributed by atoms with Gasteiger partial charge in [-0.1, -0.05) is 0 Å². The second kappa shape index (κ2) is 5.53. The second-order valence-corrected chi connectivity index (χ2v) is 6.16. The minimum atomic E-state index is -3.29. The molecule has 0 radical (unpaired) electrons.